The first-order valence-corrected chi connectivity index (χ1v) is 6.51. The van der Waals surface area contributed by atoms with E-state index in [2.05, 4.69) is 10.4 Å². The molecule has 0 amide bonds. The number of nitrogen functional groups attached to an aromatic ring is 1. The molecule has 0 atom stereocenters. The van der Waals surface area contributed by atoms with Crippen molar-refractivity contribution in [3.8, 4) is 5.75 Å². The summed E-state index contributed by atoms with van der Waals surface area (Å²) in [6, 6.07) is 7.48. The monoisotopic (exact) mass is 248 g/mol. The summed E-state index contributed by atoms with van der Waals surface area (Å²) >= 11 is 1.71. The van der Waals surface area contributed by atoms with Gasteiger partial charge in [-0.05, 0) is 37.6 Å². The number of hydrogen-bond donors (Lipinski definition) is 1. The van der Waals surface area contributed by atoms with Crippen molar-refractivity contribution in [2.75, 3.05) is 12.3 Å². The fourth-order valence-electron chi connectivity index (χ4n) is 1.49. The van der Waals surface area contributed by atoms with Gasteiger partial charge in [0.1, 0.15) is 5.75 Å². The van der Waals surface area contributed by atoms with Gasteiger partial charge < -0.3 is 10.5 Å². The largest absolute Gasteiger partial charge is 0.494 e. The van der Waals surface area contributed by atoms with E-state index in [1.54, 1.807) is 11.3 Å². The molecule has 1 heterocycles. The number of rotatable bonds is 5. The lowest BCUT2D eigenvalue weighted by molar-refractivity contribution is 0.311. The van der Waals surface area contributed by atoms with Gasteiger partial charge in [0.2, 0.25) is 0 Å². The van der Waals surface area contributed by atoms with E-state index in [0.717, 1.165) is 30.0 Å². The number of aromatic nitrogens is 1. The summed E-state index contributed by atoms with van der Waals surface area (Å²) in [5.74, 6) is 0.870. The van der Waals surface area contributed by atoms with Crippen LogP contribution in [0.4, 0.5) is 5.69 Å². The number of benzene rings is 1. The summed E-state index contributed by atoms with van der Waals surface area (Å²) in [5.41, 5.74) is 7.46. The van der Waals surface area contributed by atoms with Crippen molar-refractivity contribution >= 4 is 17.0 Å². The van der Waals surface area contributed by atoms with Gasteiger partial charge in [0.25, 0.3) is 0 Å². The smallest absolute Gasteiger partial charge is 0.119 e. The molecule has 2 aromatic rings. The maximum atomic E-state index is 5.61. The summed E-state index contributed by atoms with van der Waals surface area (Å²) in [7, 11) is 0. The van der Waals surface area contributed by atoms with Crippen LogP contribution in [0.3, 0.4) is 0 Å². The van der Waals surface area contributed by atoms with Crippen molar-refractivity contribution in [1.29, 1.82) is 0 Å². The Morgan fingerprint density at radius 3 is 2.71 bits per heavy atom. The molecule has 1 aromatic carbocycles. The highest BCUT2D eigenvalue weighted by Gasteiger charge is 1.99. The highest BCUT2D eigenvalue weighted by Crippen LogP contribution is 2.14. The molecule has 2 rings (SSSR count). The molecule has 0 aliphatic carbocycles. The third kappa shape index (κ3) is 3.75. The van der Waals surface area contributed by atoms with Gasteiger partial charge in [0.15, 0.2) is 0 Å². The summed E-state index contributed by atoms with van der Waals surface area (Å²) in [5, 5.41) is 3.26. The number of thiazole rings is 1. The van der Waals surface area contributed by atoms with Crippen LogP contribution in [0, 0.1) is 6.92 Å². The average molecular weight is 248 g/mol. The van der Waals surface area contributed by atoms with Crippen LogP contribution in [0.1, 0.15) is 17.1 Å². The molecule has 0 aliphatic rings. The standard InChI is InChI=1S/C13H16N2OS/c1-10-9-17-13(15-10)3-2-8-16-12-6-4-11(14)5-7-12/h4-7,9H,2-3,8,14H2,1H3. The lowest BCUT2D eigenvalue weighted by atomic mass is 10.3. The van der Waals surface area contributed by atoms with Gasteiger partial charge in [-0.1, -0.05) is 0 Å². The predicted octanol–water partition coefficient (Wildman–Crippen LogP) is 3.05. The van der Waals surface area contributed by atoms with Crippen molar-refractivity contribution in [2.45, 2.75) is 19.8 Å². The molecule has 0 unspecified atom stereocenters. The maximum Gasteiger partial charge on any atom is 0.119 e. The van der Waals surface area contributed by atoms with Crippen LogP contribution < -0.4 is 10.5 Å². The Kier molecular flexibility index (Phi) is 3.98. The first-order chi connectivity index (χ1) is 8.24. The molecule has 17 heavy (non-hydrogen) atoms. The van der Waals surface area contributed by atoms with Crippen LogP contribution in [-0.4, -0.2) is 11.6 Å². The lowest BCUT2D eigenvalue weighted by Crippen LogP contribution is -1.99. The van der Waals surface area contributed by atoms with E-state index in [1.165, 1.54) is 5.01 Å². The average Bonchev–Trinajstić information content (AvgIpc) is 2.73. The highest BCUT2D eigenvalue weighted by molar-refractivity contribution is 7.09. The van der Waals surface area contributed by atoms with Gasteiger partial charge in [-0.25, -0.2) is 4.98 Å². The molecule has 1 aromatic heterocycles. The second kappa shape index (κ2) is 5.68. The van der Waals surface area contributed by atoms with Crippen LogP contribution in [0.25, 0.3) is 0 Å². The number of anilines is 1. The fourth-order valence-corrected chi connectivity index (χ4v) is 2.31. The molecular weight excluding hydrogens is 232 g/mol. The second-order valence-corrected chi connectivity index (χ2v) is 4.85. The molecule has 4 heteroatoms. The minimum atomic E-state index is 0.711. The van der Waals surface area contributed by atoms with Gasteiger partial charge in [-0.15, -0.1) is 11.3 Å². The third-order valence-corrected chi connectivity index (χ3v) is 3.38. The molecule has 3 nitrogen and oxygen atoms in total. The third-order valence-electron chi connectivity index (χ3n) is 2.35. The Labute approximate surface area is 105 Å². The Morgan fingerprint density at radius 2 is 2.06 bits per heavy atom. The SMILES string of the molecule is Cc1csc(CCCOc2ccc(N)cc2)n1. The van der Waals surface area contributed by atoms with Gasteiger partial charge in [0.05, 0.1) is 11.6 Å². The molecule has 2 N–H and O–H groups in total. The molecule has 0 radical (unpaired) electrons. The minimum Gasteiger partial charge on any atom is -0.494 e. The molecular formula is C13H16N2OS. The van der Waals surface area contributed by atoms with E-state index in [4.69, 9.17) is 10.5 Å². The van der Waals surface area contributed by atoms with Crippen molar-refractivity contribution in [2.24, 2.45) is 0 Å². The van der Waals surface area contributed by atoms with Crippen molar-refractivity contribution < 1.29 is 4.74 Å². The Hall–Kier alpha value is -1.55. The maximum absolute atomic E-state index is 5.61. The molecule has 0 fully saturated rings. The van der Waals surface area contributed by atoms with Crippen molar-refractivity contribution in [3.05, 3.63) is 40.3 Å². The molecule has 0 saturated heterocycles. The van der Waals surface area contributed by atoms with E-state index in [1.807, 2.05) is 31.2 Å². The zero-order chi connectivity index (χ0) is 12.1. The van der Waals surface area contributed by atoms with Crippen molar-refractivity contribution in [1.82, 2.24) is 4.98 Å². The number of aryl methyl sites for hydroxylation is 2. The van der Waals surface area contributed by atoms with Gasteiger partial charge >= 0.3 is 0 Å². The van der Waals surface area contributed by atoms with Crippen LogP contribution in [0.2, 0.25) is 0 Å². The zero-order valence-electron chi connectivity index (χ0n) is 9.85. The van der Waals surface area contributed by atoms with E-state index in [-0.39, 0.29) is 0 Å². The summed E-state index contributed by atoms with van der Waals surface area (Å²) in [6.07, 6.45) is 1.96. The Balaban J connectivity index is 1.71. The molecule has 0 spiro atoms. The van der Waals surface area contributed by atoms with E-state index >= 15 is 0 Å². The van der Waals surface area contributed by atoms with E-state index in [0.29, 0.717) is 6.61 Å². The van der Waals surface area contributed by atoms with Gasteiger partial charge in [-0.3, -0.25) is 0 Å². The minimum absolute atomic E-state index is 0.711. The summed E-state index contributed by atoms with van der Waals surface area (Å²) in [4.78, 5) is 4.41. The summed E-state index contributed by atoms with van der Waals surface area (Å²) < 4.78 is 5.61. The highest BCUT2D eigenvalue weighted by atomic mass is 32.1. The van der Waals surface area contributed by atoms with Crippen molar-refractivity contribution in [3.63, 3.8) is 0 Å². The normalized spacial score (nSPS) is 10.4. The molecule has 0 aliphatic heterocycles. The zero-order valence-corrected chi connectivity index (χ0v) is 10.7. The second-order valence-electron chi connectivity index (χ2n) is 3.90. The molecule has 0 saturated carbocycles. The topological polar surface area (TPSA) is 48.1 Å². The molecule has 90 valence electrons. The number of hydrogen-bond acceptors (Lipinski definition) is 4. The number of nitrogens with zero attached hydrogens (tertiary/aromatic N) is 1. The first kappa shape index (κ1) is 11.9. The first-order valence-electron chi connectivity index (χ1n) is 5.63. The molecule has 0 bridgehead atoms. The van der Waals surface area contributed by atoms with Gasteiger partial charge in [0, 0.05) is 23.2 Å². The Morgan fingerprint density at radius 1 is 1.29 bits per heavy atom. The van der Waals surface area contributed by atoms with Gasteiger partial charge in [-0.2, -0.15) is 0 Å². The van der Waals surface area contributed by atoms with E-state index in [9.17, 15) is 0 Å². The lowest BCUT2D eigenvalue weighted by Gasteiger charge is -2.05. The quantitative estimate of drug-likeness (QED) is 0.653. The number of ether oxygens (including phenoxy) is 1. The number of nitrogens with two attached hydrogens (primary N) is 1. The Bertz CT molecular complexity index is 465. The predicted molar refractivity (Wildman–Crippen MR) is 71.5 cm³/mol. The fraction of sp³-hybridized carbons (Fsp3) is 0.308. The van der Waals surface area contributed by atoms with Crippen LogP contribution in [-0.2, 0) is 6.42 Å². The van der Waals surface area contributed by atoms with Crippen LogP contribution in [0.5, 0.6) is 5.75 Å². The van der Waals surface area contributed by atoms with Crippen LogP contribution >= 0.6 is 11.3 Å². The van der Waals surface area contributed by atoms with E-state index < -0.39 is 0 Å². The van der Waals surface area contributed by atoms with Crippen LogP contribution in [0.15, 0.2) is 29.6 Å². The summed E-state index contributed by atoms with van der Waals surface area (Å²) in [6.45, 7) is 2.73.